The Bertz CT molecular complexity index is 491. The molecule has 0 aromatic heterocycles. The Balaban J connectivity index is 1.81. The number of halogens is 1. The highest BCUT2D eigenvalue weighted by atomic mass is 19.1. The molecule has 0 aliphatic heterocycles. The van der Waals surface area contributed by atoms with Crippen molar-refractivity contribution in [2.24, 2.45) is 5.92 Å². The summed E-state index contributed by atoms with van der Waals surface area (Å²) in [6, 6.07) is 6.31. The lowest BCUT2D eigenvalue weighted by molar-refractivity contribution is -0.139. The minimum atomic E-state index is -0.419. The van der Waals surface area contributed by atoms with Crippen LogP contribution in [0.3, 0.4) is 0 Å². The van der Waals surface area contributed by atoms with Crippen LogP contribution in [-0.4, -0.2) is 12.6 Å². The molecule has 0 spiro atoms. The van der Waals surface area contributed by atoms with Crippen LogP contribution in [-0.2, 0) is 9.53 Å². The van der Waals surface area contributed by atoms with Crippen LogP contribution in [0.15, 0.2) is 42.5 Å². The molecular weight excluding hydrogens is 243 g/mol. The molecule has 1 aromatic rings. The Kier molecular flexibility index (Phi) is 4.90. The zero-order valence-electron chi connectivity index (χ0n) is 10.7. The van der Waals surface area contributed by atoms with E-state index >= 15 is 0 Å². The summed E-state index contributed by atoms with van der Waals surface area (Å²) in [5, 5.41) is 0. The molecular formula is C16H17FO2. The molecule has 2 nitrogen and oxygen atoms in total. The predicted molar refractivity (Wildman–Crippen MR) is 72.9 cm³/mol. The first-order chi connectivity index (χ1) is 9.25. The molecule has 1 aliphatic rings. The van der Waals surface area contributed by atoms with E-state index in [0.717, 1.165) is 19.3 Å². The lowest BCUT2D eigenvalue weighted by Crippen LogP contribution is -2.13. The molecule has 0 N–H and O–H groups in total. The molecule has 19 heavy (non-hydrogen) atoms. The number of ether oxygens (including phenoxy) is 1. The fourth-order valence-electron chi connectivity index (χ4n) is 2.02. The summed E-state index contributed by atoms with van der Waals surface area (Å²) in [5.41, 5.74) is 0.389. The maximum absolute atomic E-state index is 13.3. The number of hydrogen-bond acceptors (Lipinski definition) is 2. The second-order valence-electron chi connectivity index (χ2n) is 4.64. The largest absolute Gasteiger partial charge is 0.462 e. The third kappa shape index (κ3) is 4.36. The van der Waals surface area contributed by atoms with Gasteiger partial charge in [-0.05, 0) is 37.3 Å². The van der Waals surface area contributed by atoms with E-state index in [-0.39, 0.29) is 5.82 Å². The normalized spacial score (nSPS) is 18.7. The highest BCUT2D eigenvalue weighted by Gasteiger charge is 2.11. The Morgan fingerprint density at radius 3 is 2.95 bits per heavy atom. The summed E-state index contributed by atoms with van der Waals surface area (Å²) in [6.45, 7) is 0.435. The molecule has 1 aliphatic carbocycles. The number of esters is 1. The third-order valence-electron chi connectivity index (χ3n) is 3.14. The number of carbonyl (C=O) groups excluding carboxylic acids is 1. The van der Waals surface area contributed by atoms with Crippen molar-refractivity contribution in [3.63, 3.8) is 0 Å². The zero-order valence-corrected chi connectivity index (χ0v) is 10.7. The van der Waals surface area contributed by atoms with Crippen LogP contribution in [0.2, 0.25) is 0 Å². The van der Waals surface area contributed by atoms with Crippen molar-refractivity contribution in [2.45, 2.75) is 19.3 Å². The predicted octanol–water partition coefficient (Wildman–Crippen LogP) is 3.74. The first-order valence-electron chi connectivity index (χ1n) is 6.50. The Hall–Kier alpha value is -1.90. The number of allylic oxidation sites excluding steroid dienone is 2. The summed E-state index contributed by atoms with van der Waals surface area (Å²) in [5.74, 6) is -0.349. The first-order valence-corrected chi connectivity index (χ1v) is 6.50. The molecule has 0 heterocycles. The molecule has 0 bridgehead atoms. The molecule has 1 unspecified atom stereocenters. The lowest BCUT2D eigenvalue weighted by atomic mass is 9.95. The van der Waals surface area contributed by atoms with E-state index in [1.54, 1.807) is 18.2 Å². The van der Waals surface area contributed by atoms with E-state index in [9.17, 15) is 9.18 Å². The minimum Gasteiger partial charge on any atom is -0.462 e. The second-order valence-corrected chi connectivity index (χ2v) is 4.64. The van der Waals surface area contributed by atoms with Gasteiger partial charge >= 0.3 is 5.97 Å². The van der Waals surface area contributed by atoms with Crippen molar-refractivity contribution >= 4 is 12.0 Å². The van der Waals surface area contributed by atoms with Gasteiger partial charge in [-0.3, -0.25) is 0 Å². The van der Waals surface area contributed by atoms with Crippen molar-refractivity contribution in [2.75, 3.05) is 6.61 Å². The van der Waals surface area contributed by atoms with Crippen molar-refractivity contribution in [1.82, 2.24) is 0 Å². The van der Waals surface area contributed by atoms with Gasteiger partial charge in [0.1, 0.15) is 5.82 Å². The number of rotatable bonds is 4. The SMILES string of the molecule is O=C(/C=C/c1ccccc1F)OCC1CC=CCC1. The molecule has 1 atom stereocenters. The van der Waals surface area contributed by atoms with Crippen molar-refractivity contribution in [1.29, 1.82) is 0 Å². The second kappa shape index (κ2) is 6.88. The van der Waals surface area contributed by atoms with Gasteiger partial charge in [-0.2, -0.15) is 0 Å². The summed E-state index contributed by atoms with van der Waals surface area (Å²) >= 11 is 0. The van der Waals surface area contributed by atoms with E-state index < -0.39 is 5.97 Å². The molecule has 0 radical (unpaired) electrons. The molecule has 2 rings (SSSR count). The average molecular weight is 260 g/mol. The molecule has 1 aromatic carbocycles. The molecule has 100 valence electrons. The van der Waals surface area contributed by atoms with Crippen LogP contribution in [0.5, 0.6) is 0 Å². The Morgan fingerprint density at radius 1 is 1.37 bits per heavy atom. The van der Waals surface area contributed by atoms with Crippen LogP contribution < -0.4 is 0 Å². The average Bonchev–Trinajstić information content (AvgIpc) is 2.45. The zero-order chi connectivity index (χ0) is 13.5. The summed E-state index contributed by atoms with van der Waals surface area (Å²) < 4.78 is 18.5. The third-order valence-corrected chi connectivity index (χ3v) is 3.14. The first kappa shape index (κ1) is 13.5. The van der Waals surface area contributed by atoms with E-state index in [2.05, 4.69) is 12.2 Å². The van der Waals surface area contributed by atoms with Gasteiger partial charge < -0.3 is 4.74 Å². The smallest absolute Gasteiger partial charge is 0.330 e. The number of carbonyl (C=O) groups is 1. The number of benzene rings is 1. The maximum atomic E-state index is 13.3. The monoisotopic (exact) mass is 260 g/mol. The minimum absolute atomic E-state index is 0.344. The summed E-state index contributed by atoms with van der Waals surface area (Å²) in [4.78, 5) is 11.5. The lowest BCUT2D eigenvalue weighted by Gasteiger charge is -2.16. The molecule has 0 saturated heterocycles. The topological polar surface area (TPSA) is 26.3 Å². The highest BCUT2D eigenvalue weighted by Crippen LogP contribution is 2.18. The quantitative estimate of drug-likeness (QED) is 0.468. The van der Waals surface area contributed by atoms with Gasteiger partial charge in [-0.15, -0.1) is 0 Å². The summed E-state index contributed by atoms with van der Waals surface area (Å²) in [7, 11) is 0. The van der Waals surface area contributed by atoms with E-state index in [0.29, 0.717) is 18.1 Å². The van der Waals surface area contributed by atoms with E-state index in [4.69, 9.17) is 4.74 Å². The standard InChI is InChI=1S/C16H17FO2/c17-15-9-5-4-8-14(15)10-11-16(18)19-12-13-6-2-1-3-7-13/h1-2,4-5,8-11,13H,3,6-7,12H2/b11-10+. The van der Waals surface area contributed by atoms with Gasteiger partial charge in [0.2, 0.25) is 0 Å². The van der Waals surface area contributed by atoms with Gasteiger partial charge in [-0.1, -0.05) is 30.4 Å². The fourth-order valence-corrected chi connectivity index (χ4v) is 2.02. The van der Waals surface area contributed by atoms with Gasteiger partial charge in [0.15, 0.2) is 0 Å². The van der Waals surface area contributed by atoms with E-state index in [1.807, 2.05) is 0 Å². The Morgan fingerprint density at radius 2 is 2.21 bits per heavy atom. The van der Waals surface area contributed by atoms with Crippen LogP contribution in [0, 0.1) is 11.7 Å². The van der Waals surface area contributed by atoms with Gasteiger partial charge in [0, 0.05) is 11.6 Å². The van der Waals surface area contributed by atoms with Crippen LogP contribution in [0.4, 0.5) is 4.39 Å². The summed E-state index contributed by atoms with van der Waals surface area (Å²) in [6.07, 6.45) is 10.1. The number of hydrogen-bond donors (Lipinski definition) is 0. The molecule has 0 saturated carbocycles. The fraction of sp³-hybridized carbons (Fsp3) is 0.312. The van der Waals surface area contributed by atoms with Gasteiger partial charge in [0.05, 0.1) is 6.61 Å². The molecule has 0 fully saturated rings. The maximum Gasteiger partial charge on any atom is 0.330 e. The van der Waals surface area contributed by atoms with Crippen molar-refractivity contribution in [3.05, 3.63) is 53.9 Å². The van der Waals surface area contributed by atoms with Crippen molar-refractivity contribution < 1.29 is 13.9 Å². The van der Waals surface area contributed by atoms with Crippen LogP contribution >= 0.6 is 0 Å². The van der Waals surface area contributed by atoms with Gasteiger partial charge in [0.25, 0.3) is 0 Å². The molecule has 3 heteroatoms. The van der Waals surface area contributed by atoms with E-state index in [1.165, 1.54) is 18.2 Å². The Labute approximate surface area is 112 Å². The highest BCUT2D eigenvalue weighted by molar-refractivity contribution is 5.87. The van der Waals surface area contributed by atoms with Gasteiger partial charge in [-0.25, -0.2) is 9.18 Å². The van der Waals surface area contributed by atoms with Crippen LogP contribution in [0.25, 0.3) is 6.08 Å². The van der Waals surface area contributed by atoms with Crippen LogP contribution in [0.1, 0.15) is 24.8 Å². The van der Waals surface area contributed by atoms with Crippen molar-refractivity contribution in [3.8, 4) is 0 Å². The molecule has 0 amide bonds.